The number of carboxylic acid groups (broad SMARTS) is 1. The van der Waals surface area contributed by atoms with Gasteiger partial charge in [-0.25, -0.2) is 9.59 Å². The molecule has 13 heteroatoms. The van der Waals surface area contributed by atoms with Crippen molar-refractivity contribution in [1.29, 1.82) is 0 Å². The molecule has 0 amide bonds. The lowest BCUT2D eigenvalue weighted by atomic mass is 10.2. The van der Waals surface area contributed by atoms with Crippen molar-refractivity contribution in [1.82, 2.24) is 9.55 Å². The van der Waals surface area contributed by atoms with E-state index in [0.717, 1.165) is 10.4 Å². The van der Waals surface area contributed by atoms with Gasteiger partial charge in [-0.05, 0) is 20.9 Å². The molecule has 3 aromatic rings. The maximum Gasteiger partial charge on any atom is 0.339 e. The van der Waals surface area contributed by atoms with Gasteiger partial charge in [0, 0.05) is 24.0 Å². The van der Waals surface area contributed by atoms with Crippen LogP contribution in [0.25, 0.3) is 10.4 Å². The molecule has 1 aliphatic heterocycles. The van der Waals surface area contributed by atoms with E-state index in [1.807, 2.05) is 67.6 Å². The fourth-order valence-electron chi connectivity index (χ4n) is 5.45. The van der Waals surface area contributed by atoms with E-state index in [-0.39, 0.29) is 23.6 Å². The predicted octanol–water partition coefficient (Wildman–Crippen LogP) is 3.27. The van der Waals surface area contributed by atoms with Crippen molar-refractivity contribution >= 4 is 24.7 Å². The minimum absolute atomic E-state index is 0.00605. The van der Waals surface area contributed by atoms with Gasteiger partial charge in [0.25, 0.3) is 13.9 Å². The Morgan fingerprint density at radius 2 is 1.80 bits per heavy atom. The third kappa shape index (κ3) is 6.86. The molecule has 0 saturated carbocycles. The van der Waals surface area contributed by atoms with Crippen molar-refractivity contribution in [2.45, 2.75) is 70.2 Å². The van der Waals surface area contributed by atoms with E-state index in [1.165, 1.54) is 10.8 Å². The van der Waals surface area contributed by atoms with E-state index in [9.17, 15) is 19.5 Å². The molecule has 1 saturated heterocycles. The zero-order chi connectivity index (χ0) is 31.9. The standard InChI is InChI=1S/C31H35N5O7Si/c1-5-6-13-21-19-36(30(40)33-27(21)37)26-18-24(43-28(29(38)39)34-35-32)25(42-26)20-41-44(31(2,3)4,22-14-9-7-10-15-22)23-16-11-8-12-17-23/h7-12,14-17,19,24-26,28H,5,18,20H2,1-4H3,(H,38,39)(H,33,37,40)/t24?,25-,26-,28?/m1/s1. The number of ether oxygens (including phenoxy) is 2. The molecule has 1 fully saturated rings. The average molecular weight is 618 g/mol. The van der Waals surface area contributed by atoms with Crippen LogP contribution in [0.3, 0.4) is 0 Å². The molecule has 0 bridgehead atoms. The van der Waals surface area contributed by atoms with Gasteiger partial charge in [-0.1, -0.05) is 105 Å². The number of carbonyl (C=O) groups is 1. The highest BCUT2D eigenvalue weighted by Gasteiger charge is 2.51. The number of nitrogens with zero attached hydrogens (tertiary/aromatic N) is 4. The predicted molar refractivity (Wildman–Crippen MR) is 166 cm³/mol. The number of H-pyrrole nitrogens is 1. The molecular formula is C31H35N5O7Si. The van der Waals surface area contributed by atoms with Crippen molar-refractivity contribution in [3.8, 4) is 11.8 Å². The van der Waals surface area contributed by atoms with Crippen molar-refractivity contribution in [3.05, 3.63) is 104 Å². The smallest absolute Gasteiger partial charge is 0.339 e. The molecule has 12 nitrogen and oxygen atoms in total. The van der Waals surface area contributed by atoms with Gasteiger partial charge in [0.15, 0.2) is 0 Å². The summed E-state index contributed by atoms with van der Waals surface area (Å²) in [6.07, 6.45) is -2.78. The number of rotatable bonds is 10. The van der Waals surface area contributed by atoms with Gasteiger partial charge in [-0.3, -0.25) is 14.3 Å². The van der Waals surface area contributed by atoms with Gasteiger partial charge in [-0.2, -0.15) is 0 Å². The second-order valence-electron chi connectivity index (χ2n) is 11.3. The van der Waals surface area contributed by atoms with Crippen LogP contribution in [0.5, 0.6) is 0 Å². The summed E-state index contributed by atoms with van der Waals surface area (Å²) in [4.78, 5) is 41.9. The van der Waals surface area contributed by atoms with Crippen LogP contribution in [0.2, 0.25) is 5.04 Å². The lowest BCUT2D eigenvalue weighted by molar-refractivity contribution is -0.156. The maximum atomic E-state index is 12.9. The highest BCUT2D eigenvalue weighted by molar-refractivity contribution is 6.99. The van der Waals surface area contributed by atoms with E-state index in [2.05, 4.69) is 47.6 Å². The quantitative estimate of drug-likeness (QED) is 0.116. The van der Waals surface area contributed by atoms with E-state index < -0.39 is 50.2 Å². The number of hydrogen-bond donors (Lipinski definition) is 2. The number of azide groups is 1. The summed E-state index contributed by atoms with van der Waals surface area (Å²) in [5.74, 6) is 4.09. The maximum absolute atomic E-state index is 12.9. The normalized spacial score (nSPS) is 19.0. The first kappa shape index (κ1) is 32.5. The minimum Gasteiger partial charge on any atom is -0.479 e. The SMILES string of the molecule is CCC#Cc1cn([C@H]2CC(OC(N=[N+]=[N-])C(=O)O)[C@@H](CO[Si](c3ccccc3)(c3ccccc3)C(C)(C)C)O2)c(=O)[nH]c1=O. The molecule has 2 heterocycles. The Labute approximate surface area is 255 Å². The Balaban J connectivity index is 1.76. The Bertz CT molecular complexity index is 1640. The number of aliphatic carboxylic acids is 1. The van der Waals surface area contributed by atoms with Crippen LogP contribution < -0.4 is 21.6 Å². The summed E-state index contributed by atoms with van der Waals surface area (Å²) < 4.78 is 20.3. The van der Waals surface area contributed by atoms with Crippen molar-refractivity contribution < 1.29 is 23.8 Å². The Morgan fingerprint density at radius 1 is 1.18 bits per heavy atom. The zero-order valence-electron chi connectivity index (χ0n) is 25.0. The van der Waals surface area contributed by atoms with Crippen LogP contribution in [0.4, 0.5) is 0 Å². The molecule has 1 aliphatic rings. The Morgan fingerprint density at radius 3 is 2.32 bits per heavy atom. The third-order valence-corrected chi connectivity index (χ3v) is 12.4. The summed E-state index contributed by atoms with van der Waals surface area (Å²) in [6, 6.07) is 19.9. The van der Waals surface area contributed by atoms with Crippen molar-refractivity contribution in [2.75, 3.05) is 6.61 Å². The van der Waals surface area contributed by atoms with E-state index >= 15 is 0 Å². The number of carboxylic acids is 1. The summed E-state index contributed by atoms with van der Waals surface area (Å²) in [7, 11) is -3.04. The molecule has 2 N–H and O–H groups in total. The van der Waals surface area contributed by atoms with Crippen LogP contribution in [0.1, 0.15) is 52.3 Å². The van der Waals surface area contributed by atoms with Gasteiger partial charge >= 0.3 is 11.7 Å². The second-order valence-corrected chi connectivity index (χ2v) is 15.6. The average Bonchev–Trinajstić information content (AvgIpc) is 3.39. The van der Waals surface area contributed by atoms with E-state index in [0.29, 0.717) is 6.42 Å². The van der Waals surface area contributed by atoms with E-state index in [4.69, 9.17) is 19.4 Å². The summed E-state index contributed by atoms with van der Waals surface area (Å²) >= 11 is 0. The van der Waals surface area contributed by atoms with Crippen molar-refractivity contribution in [3.63, 3.8) is 0 Å². The number of aromatic nitrogens is 2. The number of nitrogens with one attached hydrogen (secondary N) is 1. The number of hydrogen-bond acceptors (Lipinski definition) is 7. The minimum atomic E-state index is -3.04. The molecule has 4 rings (SSSR count). The fourth-order valence-corrected chi connectivity index (χ4v) is 10.0. The first-order chi connectivity index (χ1) is 21.0. The van der Waals surface area contributed by atoms with Crippen LogP contribution in [-0.4, -0.2) is 54.0 Å². The van der Waals surface area contributed by atoms with Gasteiger partial charge in [0.1, 0.15) is 17.9 Å². The molecule has 0 aliphatic carbocycles. The van der Waals surface area contributed by atoms with Gasteiger partial charge < -0.3 is 19.0 Å². The molecule has 0 spiro atoms. The van der Waals surface area contributed by atoms with Crippen LogP contribution >= 0.6 is 0 Å². The summed E-state index contributed by atoms with van der Waals surface area (Å²) in [6.45, 7) is 8.15. The molecule has 44 heavy (non-hydrogen) atoms. The molecular weight excluding hydrogens is 582 g/mol. The summed E-state index contributed by atoms with van der Waals surface area (Å²) in [5, 5.41) is 14.6. The zero-order valence-corrected chi connectivity index (χ0v) is 26.0. The Hall–Kier alpha value is -4.44. The van der Waals surface area contributed by atoms with Gasteiger partial charge in [-0.15, -0.1) is 0 Å². The highest BCUT2D eigenvalue weighted by atomic mass is 28.4. The molecule has 1 aromatic heterocycles. The monoisotopic (exact) mass is 617 g/mol. The number of benzene rings is 2. The first-order valence-corrected chi connectivity index (χ1v) is 16.1. The largest absolute Gasteiger partial charge is 0.479 e. The van der Waals surface area contributed by atoms with Crippen molar-refractivity contribution in [2.24, 2.45) is 5.11 Å². The summed E-state index contributed by atoms with van der Waals surface area (Å²) in [5.41, 5.74) is 7.67. The van der Waals surface area contributed by atoms with Crippen LogP contribution in [0, 0.1) is 11.8 Å². The van der Waals surface area contributed by atoms with Gasteiger partial charge in [0.2, 0.25) is 6.23 Å². The lowest BCUT2D eigenvalue weighted by Gasteiger charge is -2.43. The van der Waals surface area contributed by atoms with E-state index in [1.54, 1.807) is 0 Å². The first-order valence-electron chi connectivity index (χ1n) is 14.2. The molecule has 2 unspecified atom stereocenters. The third-order valence-electron chi connectivity index (χ3n) is 7.41. The second kappa shape index (κ2) is 13.9. The van der Waals surface area contributed by atoms with Gasteiger partial charge in [0.05, 0.1) is 12.7 Å². The highest BCUT2D eigenvalue weighted by Crippen LogP contribution is 2.38. The Kier molecular flexibility index (Phi) is 10.3. The molecule has 230 valence electrons. The molecule has 2 aromatic carbocycles. The van der Waals surface area contributed by atoms with Crippen LogP contribution in [0.15, 0.2) is 81.6 Å². The molecule has 0 radical (unpaired) electrons. The topological polar surface area (TPSA) is 169 Å². The van der Waals surface area contributed by atoms with Crippen LogP contribution in [-0.2, 0) is 18.7 Å². The number of aromatic amines is 1. The lowest BCUT2D eigenvalue weighted by Crippen LogP contribution is -2.67. The molecule has 4 atom stereocenters. The fraction of sp³-hybridized carbons (Fsp3) is 0.387.